The number of anilines is 3. The van der Waals surface area contributed by atoms with E-state index in [-0.39, 0.29) is 0 Å². The number of aromatic amines is 1. The van der Waals surface area contributed by atoms with Crippen LogP contribution in [-0.4, -0.2) is 24.8 Å². The van der Waals surface area contributed by atoms with Crippen LogP contribution in [0.4, 0.5) is 17.6 Å². The Morgan fingerprint density at radius 3 is 2.76 bits per heavy atom. The molecule has 3 aromatic rings. The van der Waals surface area contributed by atoms with Crippen molar-refractivity contribution in [1.29, 1.82) is 0 Å². The van der Waals surface area contributed by atoms with Gasteiger partial charge in [0.15, 0.2) is 11.6 Å². The van der Waals surface area contributed by atoms with Crippen molar-refractivity contribution in [1.82, 2.24) is 24.8 Å². The van der Waals surface area contributed by atoms with Crippen LogP contribution in [0, 0.1) is 0 Å². The molecule has 0 radical (unpaired) electrons. The van der Waals surface area contributed by atoms with Gasteiger partial charge in [0, 0.05) is 23.9 Å². The van der Waals surface area contributed by atoms with Crippen LogP contribution in [0.3, 0.4) is 0 Å². The van der Waals surface area contributed by atoms with Gasteiger partial charge in [-0.15, -0.1) is 5.10 Å². The van der Waals surface area contributed by atoms with Gasteiger partial charge in [0.25, 0.3) is 0 Å². The van der Waals surface area contributed by atoms with Crippen LogP contribution in [0.15, 0.2) is 18.3 Å². The van der Waals surface area contributed by atoms with Crippen LogP contribution < -0.4 is 11.1 Å². The molecule has 0 atom stereocenters. The zero-order valence-corrected chi connectivity index (χ0v) is 14.2. The Hall–Kier alpha value is -2.57. The molecule has 4 N–H and O–H groups in total. The van der Waals surface area contributed by atoms with E-state index in [9.17, 15) is 0 Å². The van der Waals surface area contributed by atoms with E-state index in [0.717, 1.165) is 11.3 Å². The number of aromatic nitrogens is 5. The maximum atomic E-state index is 6.29. The highest BCUT2D eigenvalue weighted by atomic mass is 15.3. The molecule has 2 saturated carbocycles. The van der Waals surface area contributed by atoms with Crippen LogP contribution in [0.2, 0.25) is 0 Å². The molecule has 3 heterocycles. The molecule has 7 heteroatoms. The topological polar surface area (TPSA) is 96.9 Å². The van der Waals surface area contributed by atoms with Crippen molar-refractivity contribution in [2.45, 2.75) is 56.8 Å². The maximum absolute atomic E-state index is 6.29. The van der Waals surface area contributed by atoms with Crippen molar-refractivity contribution < 1.29 is 0 Å². The lowest BCUT2D eigenvalue weighted by molar-refractivity contribution is 0.445. The third-order valence-corrected chi connectivity index (χ3v) is 5.47. The standard InChI is InChI=1S/C18H23N7/c19-17-16-13(11-4-2-1-3-5-11)8-9-25(16)24-18(21-17)20-15-10-14(22-23-15)12-6-7-12/h8-12H,1-7H2,(H4,19,20,21,22,23,24). The summed E-state index contributed by atoms with van der Waals surface area (Å²) in [5, 5.41) is 15.1. The first-order valence-corrected chi connectivity index (χ1v) is 9.25. The monoisotopic (exact) mass is 337 g/mol. The average molecular weight is 337 g/mol. The van der Waals surface area contributed by atoms with Crippen LogP contribution >= 0.6 is 0 Å². The first-order valence-electron chi connectivity index (χ1n) is 9.25. The zero-order chi connectivity index (χ0) is 16.8. The molecule has 0 amide bonds. The minimum absolute atomic E-state index is 0.477. The molecule has 0 spiro atoms. The largest absolute Gasteiger partial charge is 0.382 e. The molecule has 0 aliphatic heterocycles. The summed E-state index contributed by atoms with van der Waals surface area (Å²) in [6.45, 7) is 0. The fourth-order valence-corrected chi connectivity index (χ4v) is 3.99. The fourth-order valence-electron chi connectivity index (χ4n) is 3.99. The normalized spacial score (nSPS) is 18.7. The van der Waals surface area contributed by atoms with Gasteiger partial charge in [-0.1, -0.05) is 19.3 Å². The van der Waals surface area contributed by atoms with Crippen LogP contribution in [0.1, 0.15) is 68.0 Å². The molecule has 7 nitrogen and oxygen atoms in total. The highest BCUT2D eigenvalue weighted by Gasteiger charge is 2.26. The summed E-state index contributed by atoms with van der Waals surface area (Å²) >= 11 is 0. The van der Waals surface area contributed by atoms with Gasteiger partial charge in [0.05, 0.1) is 0 Å². The van der Waals surface area contributed by atoms with Crippen LogP contribution in [-0.2, 0) is 0 Å². The Kier molecular flexibility index (Phi) is 3.39. The number of H-pyrrole nitrogens is 1. The number of fused-ring (bicyclic) bond motifs is 1. The maximum Gasteiger partial charge on any atom is 0.248 e. The van der Waals surface area contributed by atoms with Crippen LogP contribution in [0.25, 0.3) is 5.52 Å². The Balaban J connectivity index is 1.44. The minimum Gasteiger partial charge on any atom is -0.382 e. The number of nitrogens with zero attached hydrogens (tertiary/aromatic N) is 4. The summed E-state index contributed by atoms with van der Waals surface area (Å²) in [6.07, 6.45) is 10.9. The van der Waals surface area contributed by atoms with Gasteiger partial charge in [-0.3, -0.25) is 5.10 Å². The lowest BCUT2D eigenvalue weighted by atomic mass is 9.84. The van der Waals surface area contributed by atoms with E-state index in [1.807, 2.05) is 16.8 Å². The fraction of sp³-hybridized carbons (Fsp3) is 0.500. The number of hydrogen-bond donors (Lipinski definition) is 3. The Labute approximate surface area is 146 Å². The predicted octanol–water partition coefficient (Wildman–Crippen LogP) is 3.70. The van der Waals surface area contributed by atoms with E-state index in [1.54, 1.807) is 0 Å². The summed E-state index contributed by atoms with van der Waals surface area (Å²) < 4.78 is 1.85. The van der Waals surface area contributed by atoms with E-state index in [2.05, 4.69) is 31.7 Å². The molecule has 2 aliphatic carbocycles. The van der Waals surface area contributed by atoms with Gasteiger partial charge in [-0.25, -0.2) is 4.52 Å². The number of hydrogen-bond acceptors (Lipinski definition) is 5. The zero-order valence-electron chi connectivity index (χ0n) is 14.2. The van der Waals surface area contributed by atoms with Crippen molar-refractivity contribution in [3.63, 3.8) is 0 Å². The van der Waals surface area contributed by atoms with Gasteiger partial charge in [0.1, 0.15) is 5.52 Å². The van der Waals surface area contributed by atoms with E-state index in [0.29, 0.717) is 23.6 Å². The van der Waals surface area contributed by atoms with Crippen molar-refractivity contribution in [2.75, 3.05) is 11.1 Å². The molecule has 5 rings (SSSR count). The smallest absolute Gasteiger partial charge is 0.248 e. The summed E-state index contributed by atoms with van der Waals surface area (Å²) in [6, 6.07) is 4.18. The van der Waals surface area contributed by atoms with Crippen LogP contribution in [0.5, 0.6) is 0 Å². The highest BCUT2D eigenvalue weighted by molar-refractivity contribution is 5.72. The second kappa shape index (κ2) is 5.75. The highest BCUT2D eigenvalue weighted by Crippen LogP contribution is 2.40. The third-order valence-electron chi connectivity index (χ3n) is 5.47. The number of nitrogen functional groups attached to an aromatic ring is 1. The molecule has 0 unspecified atom stereocenters. The molecule has 2 aliphatic rings. The Morgan fingerprint density at radius 2 is 1.96 bits per heavy atom. The van der Waals surface area contributed by atoms with Gasteiger partial charge < -0.3 is 11.1 Å². The lowest BCUT2D eigenvalue weighted by Crippen LogP contribution is -2.09. The van der Waals surface area contributed by atoms with E-state index >= 15 is 0 Å². The molecule has 2 fully saturated rings. The molecule has 3 aromatic heterocycles. The summed E-state index contributed by atoms with van der Waals surface area (Å²) in [5.41, 5.74) is 9.71. The van der Waals surface area contributed by atoms with Crippen molar-refractivity contribution in [3.8, 4) is 0 Å². The lowest BCUT2D eigenvalue weighted by Gasteiger charge is -2.21. The molecular weight excluding hydrogens is 314 g/mol. The molecule has 25 heavy (non-hydrogen) atoms. The molecular formula is C18H23N7. The minimum atomic E-state index is 0.477. The van der Waals surface area contributed by atoms with Crippen molar-refractivity contribution in [2.24, 2.45) is 0 Å². The number of nitrogens with two attached hydrogens (primary N) is 1. The second-order valence-electron chi connectivity index (χ2n) is 7.33. The molecule has 130 valence electrons. The predicted molar refractivity (Wildman–Crippen MR) is 97.1 cm³/mol. The first-order chi connectivity index (χ1) is 12.3. The Morgan fingerprint density at radius 1 is 1.12 bits per heavy atom. The van der Waals surface area contributed by atoms with Gasteiger partial charge in [0.2, 0.25) is 5.95 Å². The molecule has 0 saturated heterocycles. The number of nitrogens with one attached hydrogen (secondary N) is 2. The van der Waals surface area contributed by atoms with E-state index < -0.39 is 0 Å². The summed E-state index contributed by atoms with van der Waals surface area (Å²) in [4.78, 5) is 4.47. The van der Waals surface area contributed by atoms with Gasteiger partial charge in [-0.05, 0) is 43.2 Å². The quantitative estimate of drug-likeness (QED) is 0.674. The third kappa shape index (κ3) is 2.73. The Bertz CT molecular complexity index is 899. The number of rotatable bonds is 4. The van der Waals surface area contributed by atoms with Crippen molar-refractivity contribution >= 4 is 23.1 Å². The molecule has 0 aromatic carbocycles. The van der Waals surface area contributed by atoms with Gasteiger partial charge in [-0.2, -0.15) is 10.1 Å². The van der Waals surface area contributed by atoms with E-state index in [1.165, 1.54) is 56.2 Å². The summed E-state index contributed by atoms with van der Waals surface area (Å²) in [5.74, 6) is 2.96. The van der Waals surface area contributed by atoms with E-state index in [4.69, 9.17) is 5.73 Å². The summed E-state index contributed by atoms with van der Waals surface area (Å²) in [7, 11) is 0. The van der Waals surface area contributed by atoms with Gasteiger partial charge >= 0.3 is 0 Å². The van der Waals surface area contributed by atoms with Crippen molar-refractivity contribution in [3.05, 3.63) is 29.6 Å². The second-order valence-corrected chi connectivity index (χ2v) is 7.33. The molecule has 0 bridgehead atoms. The first kappa shape index (κ1) is 14.7. The SMILES string of the molecule is Nc1nc(Nc2cc(C3CC3)[nH]n2)nn2ccc(C3CCCCC3)c12. The average Bonchev–Trinajstić information content (AvgIpc) is 3.22.